The molecule has 0 aromatic carbocycles. The first-order valence-corrected chi connectivity index (χ1v) is 4.05. The van der Waals surface area contributed by atoms with Gasteiger partial charge in [-0.05, 0) is 39.5 Å². The van der Waals surface area contributed by atoms with Crippen molar-refractivity contribution in [2.45, 2.75) is 46.0 Å². The van der Waals surface area contributed by atoms with Gasteiger partial charge in [-0.25, -0.2) is 0 Å². The normalized spacial score (nSPS) is 25.3. The first-order valence-electron chi connectivity index (χ1n) is 8.36. The standard InChI is InChI=1S/C12H20O2/c1-6-12(5,14-11(4)13)9-7-8-10(2)3/h6,8H,1,7,9H2,2-5H3/t12-/m0/s1/i1D2,2D2,5D2,7D2/b10-8-. The van der Waals surface area contributed by atoms with E-state index in [1.54, 1.807) is 0 Å². The molecular weight excluding hydrogens is 176 g/mol. The molecule has 0 radical (unpaired) electrons. The zero-order valence-corrected chi connectivity index (χ0v) is 8.33. The smallest absolute Gasteiger partial charge is 0.303 e. The summed E-state index contributed by atoms with van der Waals surface area (Å²) in [6, 6.07) is 0. The first-order chi connectivity index (χ1) is 9.81. The molecule has 0 rings (SSSR count). The van der Waals surface area contributed by atoms with Crippen LogP contribution in [0.15, 0.2) is 24.3 Å². The maximum atomic E-state index is 11.2. The molecule has 14 heavy (non-hydrogen) atoms. The van der Waals surface area contributed by atoms with Gasteiger partial charge in [0.25, 0.3) is 0 Å². The van der Waals surface area contributed by atoms with Gasteiger partial charge in [0, 0.05) is 15.1 Å². The highest BCUT2D eigenvalue weighted by Gasteiger charge is 2.22. The summed E-state index contributed by atoms with van der Waals surface area (Å²) < 4.78 is 64.5. The molecule has 0 aromatic heterocycles. The molecule has 0 N–H and O–H groups in total. The van der Waals surface area contributed by atoms with Gasteiger partial charge in [-0.15, -0.1) is 0 Å². The van der Waals surface area contributed by atoms with E-state index >= 15 is 0 Å². The lowest BCUT2D eigenvalue weighted by molar-refractivity contribution is -0.151. The Bertz CT molecular complexity index is 454. The van der Waals surface area contributed by atoms with Crippen LogP contribution in [-0.2, 0) is 9.53 Å². The van der Waals surface area contributed by atoms with Crippen LogP contribution in [0, 0.1) is 0 Å². The van der Waals surface area contributed by atoms with Crippen molar-refractivity contribution in [3.8, 4) is 0 Å². The van der Waals surface area contributed by atoms with Gasteiger partial charge in [-0.3, -0.25) is 4.79 Å². The van der Waals surface area contributed by atoms with E-state index in [9.17, 15) is 4.79 Å². The van der Waals surface area contributed by atoms with Gasteiger partial charge in [0.15, 0.2) is 0 Å². The van der Waals surface area contributed by atoms with Crippen LogP contribution in [0.4, 0.5) is 0 Å². The molecule has 0 fully saturated rings. The number of ether oxygens (including phenoxy) is 1. The zero-order chi connectivity index (χ0) is 17.7. The summed E-state index contributed by atoms with van der Waals surface area (Å²) in [7, 11) is 0. The van der Waals surface area contributed by atoms with Crippen LogP contribution in [0.2, 0.25) is 0 Å². The minimum absolute atomic E-state index is 0.120. The summed E-state index contributed by atoms with van der Waals surface area (Å²) >= 11 is 0. The number of allylic oxidation sites excluding steroid dienone is 2. The van der Waals surface area contributed by atoms with Crippen molar-refractivity contribution in [2.75, 3.05) is 0 Å². The van der Waals surface area contributed by atoms with Gasteiger partial charge in [-0.2, -0.15) is 0 Å². The Morgan fingerprint density at radius 2 is 2.57 bits per heavy atom. The van der Waals surface area contributed by atoms with Crippen LogP contribution in [0.1, 0.15) is 51.4 Å². The number of hydrogen-bond acceptors (Lipinski definition) is 2. The van der Waals surface area contributed by atoms with E-state index in [0.29, 0.717) is 0 Å². The Balaban J connectivity index is 5.76. The highest BCUT2D eigenvalue weighted by atomic mass is 16.6. The van der Waals surface area contributed by atoms with E-state index in [-0.39, 0.29) is 5.57 Å². The second-order valence-electron chi connectivity index (χ2n) is 2.96. The lowest BCUT2D eigenvalue weighted by Gasteiger charge is -2.24. The number of carbonyl (C=O) groups excluding carboxylic acids is 1. The van der Waals surface area contributed by atoms with Crippen LogP contribution >= 0.6 is 0 Å². The number of esters is 1. The Morgan fingerprint density at radius 3 is 3.07 bits per heavy atom. The van der Waals surface area contributed by atoms with Crippen LogP contribution in [-0.4, -0.2) is 11.6 Å². The second kappa shape index (κ2) is 5.63. The van der Waals surface area contributed by atoms with Gasteiger partial charge >= 0.3 is 5.97 Å². The summed E-state index contributed by atoms with van der Waals surface area (Å²) in [5.41, 5.74) is -1.97. The molecule has 80 valence electrons. The number of carbonyl (C=O) groups is 1. The lowest BCUT2D eigenvalue weighted by Crippen LogP contribution is -2.27. The van der Waals surface area contributed by atoms with Crippen LogP contribution < -0.4 is 0 Å². The van der Waals surface area contributed by atoms with Gasteiger partial charge in [0.1, 0.15) is 5.60 Å². The molecule has 0 aromatic rings. The molecular formula is C12H20O2. The highest BCUT2D eigenvalue weighted by molar-refractivity contribution is 5.66. The van der Waals surface area contributed by atoms with Crippen molar-refractivity contribution in [3.63, 3.8) is 0 Å². The van der Waals surface area contributed by atoms with Crippen molar-refractivity contribution < 1.29 is 20.5 Å². The summed E-state index contributed by atoms with van der Waals surface area (Å²) in [5.74, 6) is -0.864. The molecule has 0 amide bonds. The van der Waals surface area contributed by atoms with Gasteiger partial charge in [0.2, 0.25) is 0 Å². The van der Waals surface area contributed by atoms with Crippen molar-refractivity contribution >= 4 is 5.97 Å². The van der Waals surface area contributed by atoms with Crippen LogP contribution in [0.3, 0.4) is 0 Å². The van der Waals surface area contributed by atoms with Crippen LogP contribution in [0.25, 0.3) is 0 Å². The average molecular weight is 204 g/mol. The summed E-state index contributed by atoms with van der Waals surface area (Å²) in [5, 5.41) is 0. The third-order valence-electron chi connectivity index (χ3n) is 1.29. The molecule has 0 heterocycles. The SMILES string of the molecule is [2H]C([2H])=C[C@@](CC([2H])([2H])/C=C(\C)C([2H])[2H])(OC(C)=O)C([2H])[2H]. The molecule has 0 spiro atoms. The summed E-state index contributed by atoms with van der Waals surface area (Å²) in [4.78, 5) is 11.2. The van der Waals surface area contributed by atoms with Crippen LogP contribution in [0.5, 0.6) is 0 Å². The van der Waals surface area contributed by atoms with E-state index in [2.05, 4.69) is 0 Å². The molecule has 0 saturated carbocycles. The molecule has 0 aliphatic heterocycles. The third kappa shape index (κ3) is 5.57. The van der Waals surface area contributed by atoms with E-state index in [1.165, 1.54) is 6.92 Å². The van der Waals surface area contributed by atoms with Gasteiger partial charge in [0.05, 0.1) is 2.74 Å². The zero-order valence-electron chi connectivity index (χ0n) is 16.3. The number of hydrogen-bond donors (Lipinski definition) is 0. The third-order valence-corrected chi connectivity index (χ3v) is 1.29. The Kier molecular flexibility index (Phi) is 1.87. The minimum atomic E-state index is -2.19. The van der Waals surface area contributed by atoms with E-state index in [0.717, 1.165) is 19.1 Å². The van der Waals surface area contributed by atoms with Crippen molar-refractivity contribution in [1.29, 1.82) is 0 Å². The molecule has 0 unspecified atom stereocenters. The largest absolute Gasteiger partial charge is 0.455 e. The summed E-state index contributed by atoms with van der Waals surface area (Å²) in [6.45, 7) is -1.61. The number of rotatable bonds is 5. The fourth-order valence-corrected chi connectivity index (χ4v) is 0.756. The monoisotopic (exact) mass is 204 g/mol. The molecule has 0 aliphatic carbocycles. The van der Waals surface area contributed by atoms with E-state index in [4.69, 9.17) is 15.7 Å². The minimum Gasteiger partial charge on any atom is -0.455 e. The van der Waals surface area contributed by atoms with Gasteiger partial charge in [-0.1, -0.05) is 18.2 Å². The maximum absolute atomic E-state index is 11.2. The Morgan fingerprint density at radius 1 is 1.79 bits per heavy atom. The predicted molar refractivity (Wildman–Crippen MR) is 59.0 cm³/mol. The highest BCUT2D eigenvalue weighted by Crippen LogP contribution is 2.19. The van der Waals surface area contributed by atoms with Crippen molar-refractivity contribution in [2.24, 2.45) is 0 Å². The molecule has 1 atom stereocenters. The average Bonchev–Trinajstić information content (AvgIpc) is 2.24. The summed E-state index contributed by atoms with van der Waals surface area (Å²) in [6.07, 6.45) is -1.10. The van der Waals surface area contributed by atoms with Crippen molar-refractivity contribution in [3.05, 3.63) is 24.3 Å². The Hall–Kier alpha value is -1.05. The molecule has 0 saturated heterocycles. The molecule has 2 heteroatoms. The first kappa shape index (κ1) is 4.65. The quantitative estimate of drug-likeness (QED) is 0.507. The van der Waals surface area contributed by atoms with E-state index < -0.39 is 44.6 Å². The molecule has 0 aliphatic rings. The lowest BCUT2D eigenvalue weighted by atomic mass is 9.99. The fourth-order valence-electron chi connectivity index (χ4n) is 0.756. The van der Waals surface area contributed by atoms with Gasteiger partial charge < -0.3 is 4.74 Å². The second-order valence-corrected chi connectivity index (χ2v) is 2.96. The maximum Gasteiger partial charge on any atom is 0.303 e. The predicted octanol–water partition coefficient (Wildman–Crippen LogP) is 3.24. The fraction of sp³-hybridized carbons (Fsp3) is 0.583. The van der Waals surface area contributed by atoms with Crippen molar-refractivity contribution in [1.82, 2.24) is 0 Å². The molecule has 2 nitrogen and oxygen atoms in total. The van der Waals surface area contributed by atoms with E-state index in [1.807, 2.05) is 0 Å². The Labute approximate surface area is 97.9 Å². The topological polar surface area (TPSA) is 26.3 Å². The molecule has 0 bridgehead atoms.